The van der Waals surface area contributed by atoms with Gasteiger partial charge in [-0.05, 0) is 31.9 Å². The Balaban J connectivity index is 2.07. The highest BCUT2D eigenvalue weighted by Crippen LogP contribution is 2.27. The van der Waals surface area contributed by atoms with E-state index in [1.54, 1.807) is 25.4 Å². The van der Waals surface area contributed by atoms with Gasteiger partial charge in [0.1, 0.15) is 17.5 Å². The van der Waals surface area contributed by atoms with Crippen LogP contribution in [0.25, 0.3) is 0 Å². The van der Waals surface area contributed by atoms with Crippen molar-refractivity contribution in [3.8, 4) is 5.75 Å². The Labute approximate surface area is 113 Å². The van der Waals surface area contributed by atoms with Gasteiger partial charge in [-0.15, -0.1) is 0 Å². The van der Waals surface area contributed by atoms with Crippen LogP contribution in [0.2, 0.25) is 0 Å². The van der Waals surface area contributed by atoms with Crippen molar-refractivity contribution in [2.24, 2.45) is 11.7 Å². The molecule has 1 aromatic heterocycles. The number of carbonyl (C=O) groups is 1. The fraction of sp³-hybridized carbons (Fsp3) is 0.571. The van der Waals surface area contributed by atoms with Crippen LogP contribution in [0, 0.1) is 5.92 Å². The van der Waals surface area contributed by atoms with E-state index in [2.05, 4.69) is 10.3 Å². The molecular formula is C14H21N3O2. The predicted molar refractivity (Wildman–Crippen MR) is 73.1 cm³/mol. The van der Waals surface area contributed by atoms with Gasteiger partial charge in [0.2, 0.25) is 0 Å². The number of hydrogen-bond acceptors (Lipinski definition) is 4. The number of aromatic nitrogens is 1. The van der Waals surface area contributed by atoms with E-state index in [4.69, 9.17) is 10.5 Å². The second kappa shape index (κ2) is 6.52. The molecule has 2 rings (SSSR count). The van der Waals surface area contributed by atoms with Gasteiger partial charge in [0.25, 0.3) is 5.91 Å². The average Bonchev–Trinajstić information content (AvgIpc) is 2.47. The summed E-state index contributed by atoms with van der Waals surface area (Å²) in [7, 11) is 1.59. The molecule has 1 aliphatic rings. The summed E-state index contributed by atoms with van der Waals surface area (Å²) in [6.45, 7) is 0.651. The molecule has 1 fully saturated rings. The first-order chi connectivity index (χ1) is 9.24. The van der Waals surface area contributed by atoms with Crippen molar-refractivity contribution in [2.75, 3.05) is 13.6 Å². The monoisotopic (exact) mass is 263 g/mol. The van der Waals surface area contributed by atoms with Gasteiger partial charge in [-0.1, -0.05) is 6.42 Å². The Morgan fingerprint density at radius 2 is 2.32 bits per heavy atom. The zero-order valence-electron chi connectivity index (χ0n) is 11.3. The Hall–Kier alpha value is -1.62. The van der Waals surface area contributed by atoms with Crippen molar-refractivity contribution in [1.29, 1.82) is 0 Å². The minimum Gasteiger partial charge on any atom is -0.490 e. The number of nitrogens with zero attached hydrogens (tertiary/aromatic N) is 1. The van der Waals surface area contributed by atoms with E-state index in [0.29, 0.717) is 23.9 Å². The van der Waals surface area contributed by atoms with Crippen LogP contribution < -0.4 is 15.8 Å². The molecule has 1 aromatic rings. The number of amides is 1. The van der Waals surface area contributed by atoms with E-state index in [0.717, 1.165) is 12.8 Å². The molecule has 0 aromatic carbocycles. The number of pyridine rings is 1. The molecule has 3 N–H and O–H groups in total. The average molecular weight is 263 g/mol. The normalized spacial score (nSPS) is 22.8. The summed E-state index contributed by atoms with van der Waals surface area (Å²) >= 11 is 0. The van der Waals surface area contributed by atoms with Crippen LogP contribution in [0.4, 0.5) is 0 Å². The van der Waals surface area contributed by atoms with Crippen LogP contribution >= 0.6 is 0 Å². The van der Waals surface area contributed by atoms with Crippen molar-refractivity contribution in [2.45, 2.75) is 31.8 Å². The number of rotatable bonds is 4. The third-order valence-electron chi connectivity index (χ3n) is 3.62. The Kier molecular flexibility index (Phi) is 4.74. The first kappa shape index (κ1) is 13.8. The number of ether oxygens (including phenoxy) is 1. The molecule has 2 atom stereocenters. The van der Waals surface area contributed by atoms with Crippen molar-refractivity contribution in [3.63, 3.8) is 0 Å². The van der Waals surface area contributed by atoms with E-state index in [1.807, 2.05) is 0 Å². The molecule has 104 valence electrons. The Morgan fingerprint density at radius 1 is 1.53 bits per heavy atom. The predicted octanol–water partition coefficient (Wildman–Crippen LogP) is 1.34. The third kappa shape index (κ3) is 3.44. The second-order valence-corrected chi connectivity index (χ2v) is 4.89. The van der Waals surface area contributed by atoms with Crippen LogP contribution in [0.3, 0.4) is 0 Å². The highest BCUT2D eigenvalue weighted by molar-refractivity contribution is 5.92. The van der Waals surface area contributed by atoms with Crippen LogP contribution in [0.1, 0.15) is 36.2 Å². The summed E-state index contributed by atoms with van der Waals surface area (Å²) in [4.78, 5) is 15.6. The molecule has 1 saturated carbocycles. The van der Waals surface area contributed by atoms with E-state index in [1.165, 1.54) is 12.8 Å². The standard InChI is InChI=1S/C14H21N3O2/c1-16-14(18)12-8-11(6-7-17-12)19-13-5-3-2-4-10(13)9-15/h6-8,10,13H,2-5,9,15H2,1H3,(H,16,18). The summed E-state index contributed by atoms with van der Waals surface area (Å²) in [5.74, 6) is 0.897. The van der Waals surface area contributed by atoms with E-state index in [-0.39, 0.29) is 12.0 Å². The minimum atomic E-state index is -0.204. The van der Waals surface area contributed by atoms with Crippen LogP contribution in [-0.4, -0.2) is 30.6 Å². The van der Waals surface area contributed by atoms with Crippen LogP contribution in [0.15, 0.2) is 18.3 Å². The van der Waals surface area contributed by atoms with Gasteiger partial charge in [-0.2, -0.15) is 0 Å². The lowest BCUT2D eigenvalue weighted by Crippen LogP contribution is -2.35. The van der Waals surface area contributed by atoms with E-state index < -0.39 is 0 Å². The summed E-state index contributed by atoms with van der Waals surface area (Å²) in [6.07, 6.45) is 6.29. The highest BCUT2D eigenvalue weighted by Gasteiger charge is 2.25. The Morgan fingerprint density at radius 3 is 3.05 bits per heavy atom. The molecule has 0 saturated heterocycles. The highest BCUT2D eigenvalue weighted by atomic mass is 16.5. The molecule has 2 unspecified atom stereocenters. The number of carbonyl (C=O) groups excluding carboxylic acids is 1. The second-order valence-electron chi connectivity index (χ2n) is 4.89. The van der Waals surface area contributed by atoms with Crippen molar-refractivity contribution in [3.05, 3.63) is 24.0 Å². The molecule has 5 nitrogen and oxygen atoms in total. The lowest BCUT2D eigenvalue weighted by atomic mass is 9.86. The first-order valence-electron chi connectivity index (χ1n) is 6.79. The molecule has 1 amide bonds. The third-order valence-corrected chi connectivity index (χ3v) is 3.62. The maximum Gasteiger partial charge on any atom is 0.269 e. The largest absolute Gasteiger partial charge is 0.490 e. The molecular weight excluding hydrogens is 242 g/mol. The SMILES string of the molecule is CNC(=O)c1cc(OC2CCCCC2CN)ccn1. The zero-order valence-corrected chi connectivity index (χ0v) is 11.3. The molecule has 19 heavy (non-hydrogen) atoms. The van der Waals surface area contributed by atoms with Crippen LogP contribution in [0.5, 0.6) is 5.75 Å². The number of nitrogens with two attached hydrogens (primary N) is 1. The quantitative estimate of drug-likeness (QED) is 0.859. The fourth-order valence-electron chi connectivity index (χ4n) is 2.51. The van der Waals surface area contributed by atoms with Gasteiger partial charge in [0.15, 0.2) is 0 Å². The maximum atomic E-state index is 11.5. The van der Waals surface area contributed by atoms with Gasteiger partial charge < -0.3 is 15.8 Å². The summed E-state index contributed by atoms with van der Waals surface area (Å²) in [6, 6.07) is 3.47. The lowest BCUT2D eigenvalue weighted by Gasteiger charge is -2.31. The lowest BCUT2D eigenvalue weighted by molar-refractivity contribution is 0.0935. The zero-order chi connectivity index (χ0) is 13.7. The minimum absolute atomic E-state index is 0.152. The fourth-order valence-corrected chi connectivity index (χ4v) is 2.51. The molecule has 1 aliphatic carbocycles. The van der Waals surface area contributed by atoms with Crippen molar-refractivity contribution < 1.29 is 9.53 Å². The topological polar surface area (TPSA) is 77.2 Å². The van der Waals surface area contributed by atoms with Crippen LogP contribution in [-0.2, 0) is 0 Å². The first-order valence-corrected chi connectivity index (χ1v) is 6.79. The summed E-state index contributed by atoms with van der Waals surface area (Å²) < 4.78 is 5.99. The van der Waals surface area contributed by atoms with Gasteiger partial charge >= 0.3 is 0 Å². The molecule has 0 bridgehead atoms. The molecule has 5 heteroatoms. The van der Waals surface area contributed by atoms with Crippen molar-refractivity contribution in [1.82, 2.24) is 10.3 Å². The molecule has 0 spiro atoms. The molecule has 0 aliphatic heterocycles. The van der Waals surface area contributed by atoms with Gasteiger partial charge in [-0.25, -0.2) is 0 Å². The van der Waals surface area contributed by atoms with E-state index in [9.17, 15) is 4.79 Å². The van der Waals surface area contributed by atoms with Gasteiger partial charge in [-0.3, -0.25) is 9.78 Å². The molecule has 0 radical (unpaired) electrons. The number of nitrogens with one attached hydrogen (secondary N) is 1. The molecule has 1 heterocycles. The summed E-state index contributed by atoms with van der Waals surface area (Å²) in [5, 5.41) is 2.56. The smallest absolute Gasteiger partial charge is 0.269 e. The van der Waals surface area contributed by atoms with Crippen molar-refractivity contribution >= 4 is 5.91 Å². The Bertz CT molecular complexity index is 436. The van der Waals surface area contributed by atoms with Gasteiger partial charge in [0, 0.05) is 25.2 Å². The van der Waals surface area contributed by atoms with E-state index >= 15 is 0 Å². The van der Waals surface area contributed by atoms with Gasteiger partial charge in [0.05, 0.1) is 0 Å². The summed E-state index contributed by atoms with van der Waals surface area (Å²) in [5.41, 5.74) is 6.17. The number of hydrogen-bond donors (Lipinski definition) is 2. The maximum absolute atomic E-state index is 11.5.